The molecule has 0 saturated heterocycles. The van der Waals surface area contributed by atoms with Crippen molar-refractivity contribution in [3.05, 3.63) is 65.2 Å². The van der Waals surface area contributed by atoms with Crippen molar-refractivity contribution in [2.24, 2.45) is 0 Å². The van der Waals surface area contributed by atoms with Crippen LogP contribution in [0.25, 0.3) is 10.8 Å². The number of rotatable bonds is 4. The number of nitrogens with one attached hydrogen (secondary N) is 1. The Morgan fingerprint density at radius 2 is 1.61 bits per heavy atom. The molecule has 0 aliphatic rings. The largest absolute Gasteiger partial charge is 0.416 e. The van der Waals surface area contributed by atoms with Crippen molar-refractivity contribution in [1.82, 2.24) is 0 Å². The maximum atomic E-state index is 13.0. The quantitative estimate of drug-likeness (QED) is 0.607. The van der Waals surface area contributed by atoms with Gasteiger partial charge in [0.25, 0.3) is 10.0 Å². The lowest BCUT2D eigenvalue weighted by atomic mass is 10.1. The van der Waals surface area contributed by atoms with E-state index < -0.39 is 21.8 Å². The van der Waals surface area contributed by atoms with E-state index in [9.17, 15) is 21.6 Å². The van der Waals surface area contributed by atoms with Crippen LogP contribution >= 0.6 is 11.6 Å². The van der Waals surface area contributed by atoms with Gasteiger partial charge in [-0.25, -0.2) is 8.42 Å². The summed E-state index contributed by atoms with van der Waals surface area (Å²) in [6, 6.07) is 12.4. The minimum Gasteiger partial charge on any atom is -0.377 e. The number of hydrogen-bond acceptors (Lipinski definition) is 3. The van der Waals surface area contributed by atoms with Gasteiger partial charge in [0.05, 0.1) is 21.2 Å². The maximum absolute atomic E-state index is 13.0. The van der Waals surface area contributed by atoms with Gasteiger partial charge in [-0.2, -0.15) is 13.2 Å². The summed E-state index contributed by atoms with van der Waals surface area (Å²) in [5.41, 5.74) is -0.522. The van der Waals surface area contributed by atoms with Crippen LogP contribution in [0.5, 0.6) is 0 Å². The predicted molar refractivity (Wildman–Crippen MR) is 106 cm³/mol. The molecule has 3 aromatic carbocycles. The molecule has 0 spiro atoms. The molecule has 0 bridgehead atoms. The highest BCUT2D eigenvalue weighted by Gasteiger charge is 2.31. The predicted octanol–water partition coefficient (Wildman–Crippen LogP) is 5.38. The molecule has 0 saturated carbocycles. The average molecular weight is 429 g/mol. The van der Waals surface area contributed by atoms with Crippen LogP contribution in [-0.2, 0) is 16.2 Å². The smallest absolute Gasteiger partial charge is 0.377 e. The van der Waals surface area contributed by atoms with Crippen LogP contribution in [0.1, 0.15) is 5.56 Å². The van der Waals surface area contributed by atoms with Crippen LogP contribution in [0, 0.1) is 0 Å². The minimum absolute atomic E-state index is 0.0535. The highest BCUT2D eigenvalue weighted by molar-refractivity contribution is 7.93. The van der Waals surface area contributed by atoms with Gasteiger partial charge >= 0.3 is 6.18 Å². The first-order valence-electron chi connectivity index (χ1n) is 8.09. The first kappa shape index (κ1) is 20.3. The Morgan fingerprint density at radius 1 is 0.964 bits per heavy atom. The highest BCUT2D eigenvalue weighted by Crippen LogP contribution is 2.36. The molecule has 0 atom stereocenters. The molecule has 0 aliphatic carbocycles. The molecular formula is C19H16ClF3N2O2S. The van der Waals surface area contributed by atoms with Crippen molar-refractivity contribution in [3.8, 4) is 0 Å². The molecule has 0 radical (unpaired) electrons. The van der Waals surface area contributed by atoms with Gasteiger partial charge in [0.2, 0.25) is 0 Å². The van der Waals surface area contributed by atoms with Gasteiger partial charge in [-0.15, -0.1) is 0 Å². The Bertz CT molecular complexity index is 1150. The minimum atomic E-state index is -4.62. The van der Waals surface area contributed by atoms with E-state index in [0.29, 0.717) is 16.8 Å². The van der Waals surface area contributed by atoms with E-state index in [4.69, 9.17) is 11.6 Å². The molecule has 0 amide bonds. The number of benzene rings is 3. The Morgan fingerprint density at radius 3 is 2.25 bits per heavy atom. The number of hydrogen-bond donors (Lipinski definition) is 1. The topological polar surface area (TPSA) is 49.4 Å². The lowest BCUT2D eigenvalue weighted by molar-refractivity contribution is -0.137. The standard InChI is InChI=1S/C19H16ClF3N2O2S/c1-25(2)17-7-3-6-14-13(17)5-4-8-18(14)28(26,27)24-16-11-12(19(21,22)23)9-10-15(16)20/h3-11,24H,1-2H3. The molecule has 0 aromatic heterocycles. The van der Waals surface area contributed by atoms with Crippen molar-refractivity contribution in [2.75, 3.05) is 23.7 Å². The fourth-order valence-corrected chi connectivity index (χ4v) is 4.38. The number of fused-ring (bicyclic) bond motifs is 1. The van der Waals surface area contributed by atoms with Gasteiger partial charge < -0.3 is 4.90 Å². The first-order valence-corrected chi connectivity index (χ1v) is 9.95. The average Bonchev–Trinajstić information content (AvgIpc) is 2.61. The van der Waals surface area contributed by atoms with Gasteiger partial charge in [-0.3, -0.25) is 4.72 Å². The number of anilines is 2. The fraction of sp³-hybridized carbons (Fsp3) is 0.158. The van der Waals surface area contributed by atoms with Gasteiger partial charge in [-0.1, -0.05) is 35.9 Å². The summed E-state index contributed by atoms with van der Waals surface area (Å²) < 4.78 is 66.9. The number of nitrogens with zero attached hydrogens (tertiary/aromatic N) is 1. The lowest BCUT2D eigenvalue weighted by Gasteiger charge is -2.18. The number of sulfonamides is 1. The maximum Gasteiger partial charge on any atom is 0.416 e. The molecule has 4 nitrogen and oxygen atoms in total. The number of alkyl halides is 3. The summed E-state index contributed by atoms with van der Waals surface area (Å²) in [4.78, 5) is 1.79. The second-order valence-electron chi connectivity index (χ2n) is 6.32. The van der Waals surface area contributed by atoms with E-state index in [-0.39, 0.29) is 15.6 Å². The summed E-state index contributed by atoms with van der Waals surface area (Å²) in [5.74, 6) is 0. The van der Waals surface area contributed by atoms with Crippen LogP contribution in [-0.4, -0.2) is 22.5 Å². The van der Waals surface area contributed by atoms with Crippen LogP contribution in [0.15, 0.2) is 59.5 Å². The van der Waals surface area contributed by atoms with Gasteiger partial charge in [-0.05, 0) is 30.3 Å². The Kier molecular flexibility index (Phi) is 5.20. The molecule has 0 heterocycles. The van der Waals surface area contributed by atoms with Crippen LogP contribution in [0.4, 0.5) is 24.5 Å². The van der Waals surface area contributed by atoms with Gasteiger partial charge in [0.15, 0.2) is 0 Å². The van der Waals surface area contributed by atoms with Gasteiger partial charge in [0, 0.05) is 30.6 Å². The van der Waals surface area contributed by atoms with Crippen molar-refractivity contribution < 1.29 is 21.6 Å². The Balaban J connectivity index is 2.12. The molecule has 9 heteroatoms. The second kappa shape index (κ2) is 7.18. The molecule has 28 heavy (non-hydrogen) atoms. The summed E-state index contributed by atoms with van der Waals surface area (Å²) in [6.45, 7) is 0. The second-order valence-corrected chi connectivity index (χ2v) is 8.38. The molecule has 1 N–H and O–H groups in total. The lowest BCUT2D eigenvalue weighted by Crippen LogP contribution is -2.15. The van der Waals surface area contributed by atoms with E-state index in [2.05, 4.69) is 4.72 Å². The molecule has 0 fully saturated rings. The first-order chi connectivity index (χ1) is 13.0. The molecule has 148 valence electrons. The summed E-state index contributed by atoms with van der Waals surface area (Å²) in [6.07, 6.45) is -4.62. The van der Waals surface area contributed by atoms with Crippen LogP contribution < -0.4 is 9.62 Å². The van der Waals surface area contributed by atoms with Gasteiger partial charge in [0.1, 0.15) is 0 Å². The fourth-order valence-electron chi connectivity index (χ4n) is 2.87. The van der Waals surface area contributed by atoms with Crippen molar-refractivity contribution in [3.63, 3.8) is 0 Å². The SMILES string of the molecule is CN(C)c1cccc2c(S(=O)(=O)Nc3cc(C(F)(F)F)ccc3Cl)cccc12. The van der Waals surface area contributed by atoms with Crippen molar-refractivity contribution in [1.29, 1.82) is 0 Å². The summed E-state index contributed by atoms with van der Waals surface area (Å²) in [7, 11) is -0.528. The molecule has 3 aromatic rings. The van der Waals surface area contributed by atoms with E-state index in [1.165, 1.54) is 6.07 Å². The van der Waals surface area contributed by atoms with Crippen LogP contribution in [0.2, 0.25) is 5.02 Å². The highest BCUT2D eigenvalue weighted by atomic mass is 35.5. The zero-order valence-electron chi connectivity index (χ0n) is 14.9. The van der Waals surface area contributed by atoms with Crippen molar-refractivity contribution >= 4 is 43.8 Å². The Hall–Kier alpha value is -2.45. The van der Waals surface area contributed by atoms with Crippen LogP contribution in [0.3, 0.4) is 0 Å². The van der Waals surface area contributed by atoms with E-state index in [1.54, 1.807) is 24.3 Å². The Labute approximate surface area is 165 Å². The molecule has 0 unspecified atom stereocenters. The normalized spacial score (nSPS) is 12.2. The van der Waals surface area contributed by atoms with Crippen molar-refractivity contribution in [2.45, 2.75) is 11.1 Å². The van der Waals surface area contributed by atoms with E-state index in [1.807, 2.05) is 25.1 Å². The summed E-state index contributed by atoms with van der Waals surface area (Å²) in [5, 5.41) is 1.01. The van der Waals surface area contributed by atoms with E-state index >= 15 is 0 Å². The van der Waals surface area contributed by atoms with E-state index in [0.717, 1.165) is 17.8 Å². The third kappa shape index (κ3) is 3.88. The molecular weight excluding hydrogens is 413 g/mol. The number of halogens is 4. The molecule has 3 rings (SSSR count). The zero-order valence-corrected chi connectivity index (χ0v) is 16.5. The third-order valence-corrected chi connectivity index (χ3v) is 5.92. The monoisotopic (exact) mass is 428 g/mol. The summed E-state index contributed by atoms with van der Waals surface area (Å²) >= 11 is 5.92. The zero-order chi connectivity index (χ0) is 20.7. The third-order valence-electron chi connectivity index (χ3n) is 4.17. The molecule has 0 aliphatic heterocycles.